The molecule has 20 heteroatoms. The molecule has 2 aliphatic heterocycles. The summed E-state index contributed by atoms with van der Waals surface area (Å²) in [6.07, 6.45) is 3.17. The second kappa shape index (κ2) is 19.8. The Kier molecular flexibility index (Phi) is 15.7. The Morgan fingerprint density at radius 1 is 0.687 bits per heavy atom. The first-order chi connectivity index (χ1) is 30.7. The number of aromatic nitrogens is 4. The molecule has 2 saturated carbocycles. The molecule has 4 fully saturated rings. The summed E-state index contributed by atoms with van der Waals surface area (Å²) in [7, 11) is -7.36. The summed E-state index contributed by atoms with van der Waals surface area (Å²) in [4.78, 5) is 21.7. The molecule has 4 aromatic rings. The molecule has 4 heterocycles. The Balaban J connectivity index is 0.000000219. The third-order valence-electron chi connectivity index (χ3n) is 13.6. The van der Waals surface area contributed by atoms with Gasteiger partial charge >= 0.3 is 0 Å². The van der Waals surface area contributed by atoms with Crippen molar-refractivity contribution in [1.82, 2.24) is 33.0 Å². The minimum atomic E-state index is -3.74. The molecule has 8 rings (SSSR count). The van der Waals surface area contributed by atoms with E-state index in [9.17, 15) is 39.2 Å². The predicted molar refractivity (Wildman–Crippen MR) is 255 cm³/mol. The summed E-state index contributed by atoms with van der Waals surface area (Å²) >= 11 is 0. The number of hydrogen-bond donors (Lipinski definition) is 2. The fourth-order valence-electron chi connectivity index (χ4n) is 9.80. The highest BCUT2D eigenvalue weighted by atomic mass is 35.5. The number of amides is 1. The van der Waals surface area contributed by atoms with E-state index in [0.29, 0.717) is 88.7 Å². The van der Waals surface area contributed by atoms with Crippen LogP contribution in [0.1, 0.15) is 131 Å². The molecule has 13 nitrogen and oxygen atoms in total. The van der Waals surface area contributed by atoms with Crippen molar-refractivity contribution in [3.63, 3.8) is 0 Å². The summed E-state index contributed by atoms with van der Waals surface area (Å²) in [5, 5.41) is 2.88. The molecule has 0 bridgehead atoms. The molecule has 2 aromatic carbocycles. The zero-order valence-corrected chi connectivity index (χ0v) is 42.3. The van der Waals surface area contributed by atoms with Gasteiger partial charge in [0.15, 0.2) is 0 Å². The number of nitrogens with two attached hydrogens (primary N) is 1. The monoisotopic (exact) mass is 1000 g/mol. The first-order valence-electron chi connectivity index (χ1n) is 23.5. The largest absolute Gasteiger partial charge is 0.352 e. The lowest BCUT2D eigenvalue weighted by molar-refractivity contribution is -0.121. The second-order valence-electron chi connectivity index (χ2n) is 21.2. The van der Waals surface area contributed by atoms with Crippen LogP contribution in [0.15, 0.2) is 46.2 Å². The Morgan fingerprint density at radius 3 is 1.46 bits per heavy atom. The van der Waals surface area contributed by atoms with Gasteiger partial charge in [-0.25, -0.2) is 44.4 Å². The fraction of sp³-hybridized carbons (Fsp3) is 0.681. The number of benzene rings is 2. The highest BCUT2D eigenvalue weighted by Crippen LogP contribution is 2.40. The Morgan fingerprint density at radius 2 is 1.09 bits per heavy atom. The molecule has 4 aliphatic rings. The van der Waals surface area contributed by atoms with E-state index < -0.39 is 31.9 Å². The summed E-state index contributed by atoms with van der Waals surface area (Å²) < 4.78 is 114. The first-order valence-corrected chi connectivity index (χ1v) is 26.4. The van der Waals surface area contributed by atoms with Crippen LogP contribution in [0, 0.1) is 11.8 Å². The lowest BCUT2D eigenvalue weighted by atomic mass is 9.86. The SMILES string of the molecule is CC(C)(C)c1nc2cc(S(=O)(=O)N3CC[C@H](N)C3)ccc2n1CC1CCC(F)(F)CC1.CCC(=O)N[C@H]1CCN(S(=O)(=O)c2ccc3c(c2)nc(C(C)(C)C)n3CC2CCC(F)(F)CC2)C1.Cl. The van der Waals surface area contributed by atoms with Crippen molar-refractivity contribution in [2.24, 2.45) is 17.6 Å². The van der Waals surface area contributed by atoms with Crippen molar-refractivity contribution < 1.29 is 39.2 Å². The van der Waals surface area contributed by atoms with E-state index in [-0.39, 0.29) is 95.1 Å². The molecule has 2 saturated heterocycles. The van der Waals surface area contributed by atoms with Crippen LogP contribution in [0.5, 0.6) is 0 Å². The lowest BCUT2D eigenvalue weighted by Crippen LogP contribution is -2.38. The molecule has 0 unspecified atom stereocenters. The van der Waals surface area contributed by atoms with Gasteiger partial charge in [0.05, 0.1) is 31.9 Å². The average Bonchev–Trinajstić information content (AvgIpc) is 4.05. The van der Waals surface area contributed by atoms with Crippen LogP contribution < -0.4 is 11.1 Å². The molecule has 2 aliphatic carbocycles. The Bertz CT molecular complexity index is 2630. The van der Waals surface area contributed by atoms with Gasteiger partial charge in [-0.15, -0.1) is 12.4 Å². The van der Waals surface area contributed by atoms with Crippen LogP contribution in [0.2, 0.25) is 0 Å². The molecule has 67 heavy (non-hydrogen) atoms. The first kappa shape index (κ1) is 53.0. The van der Waals surface area contributed by atoms with E-state index in [1.54, 1.807) is 43.3 Å². The van der Waals surface area contributed by atoms with E-state index >= 15 is 0 Å². The van der Waals surface area contributed by atoms with Crippen molar-refractivity contribution in [1.29, 1.82) is 0 Å². The lowest BCUT2D eigenvalue weighted by Gasteiger charge is -2.30. The van der Waals surface area contributed by atoms with Crippen molar-refractivity contribution in [2.45, 2.75) is 177 Å². The number of carbonyl (C=O) groups excluding carboxylic acids is 1. The van der Waals surface area contributed by atoms with Gasteiger partial charge in [-0.1, -0.05) is 48.5 Å². The van der Waals surface area contributed by atoms with E-state index in [2.05, 4.69) is 35.2 Å². The number of fused-ring (bicyclic) bond motifs is 2. The van der Waals surface area contributed by atoms with Crippen molar-refractivity contribution in [3.05, 3.63) is 48.0 Å². The maximum absolute atomic E-state index is 13.7. The van der Waals surface area contributed by atoms with Crippen LogP contribution >= 0.6 is 12.4 Å². The van der Waals surface area contributed by atoms with Gasteiger partial charge in [-0.2, -0.15) is 8.61 Å². The molecule has 3 N–H and O–H groups in total. The van der Waals surface area contributed by atoms with Crippen molar-refractivity contribution in [3.8, 4) is 0 Å². The third-order valence-corrected chi connectivity index (χ3v) is 17.4. The summed E-state index contributed by atoms with van der Waals surface area (Å²) in [5.74, 6) is -3.25. The number of nitrogens with zero attached hydrogens (tertiary/aromatic N) is 6. The van der Waals surface area contributed by atoms with Crippen LogP contribution in [0.3, 0.4) is 0 Å². The van der Waals surface area contributed by atoms with Gasteiger partial charge in [0.1, 0.15) is 11.6 Å². The molecular formula is C47H69ClF4N8O5S2. The zero-order chi connectivity index (χ0) is 48.2. The number of imidazole rings is 2. The number of rotatable bonds is 10. The van der Waals surface area contributed by atoms with Gasteiger partial charge in [-0.3, -0.25) is 4.79 Å². The normalized spacial score (nSPS) is 22.4. The molecule has 2 aromatic heterocycles. The maximum atomic E-state index is 13.7. The minimum absolute atomic E-state index is 0. The highest BCUT2D eigenvalue weighted by Gasteiger charge is 2.39. The number of hydrogen-bond acceptors (Lipinski definition) is 8. The van der Waals surface area contributed by atoms with Gasteiger partial charge in [0.2, 0.25) is 37.8 Å². The summed E-state index contributed by atoms with van der Waals surface area (Å²) in [6, 6.07) is 9.75. The van der Waals surface area contributed by atoms with Crippen molar-refractivity contribution in [2.75, 3.05) is 26.2 Å². The number of alkyl halides is 4. The molecular weight excluding hydrogens is 932 g/mol. The van der Waals surface area contributed by atoms with Gasteiger partial charge in [0.25, 0.3) is 0 Å². The number of sulfonamides is 2. The topological polar surface area (TPSA) is 166 Å². The smallest absolute Gasteiger partial charge is 0.248 e. The van der Waals surface area contributed by atoms with Crippen LogP contribution in [0.4, 0.5) is 17.6 Å². The van der Waals surface area contributed by atoms with Gasteiger partial charge in [0, 0.05) is 94.3 Å². The number of halogens is 5. The molecule has 0 radical (unpaired) electrons. The Labute approximate surface area is 399 Å². The van der Waals surface area contributed by atoms with E-state index in [0.717, 1.165) is 22.7 Å². The summed E-state index contributed by atoms with van der Waals surface area (Å²) in [6.45, 7) is 16.7. The number of nitrogens with one attached hydrogen (secondary N) is 1. The quantitative estimate of drug-likeness (QED) is 0.149. The standard InChI is InChI=1S/C25H36F2N4O3S.C22H32F2N4O2S.ClH/c1-5-22(32)28-18-10-13-30(16-18)35(33,34)19-6-7-21-20(14-19)29-23(24(2,3)4)31(21)15-17-8-11-25(26,27)12-9-17;1-21(2,3)20-26-18-12-17(31(29,30)27-11-8-16(25)14-27)4-5-19(18)28(20)13-15-6-9-22(23,24)10-7-15;/h6-7,14,17-18H,5,8-13,15-16H2,1-4H3,(H,28,32);4-5,12,15-16H,6-11,13-14,25H2,1-3H3;1H/t18-;16-;/m00./s1. The molecule has 1 amide bonds. The maximum Gasteiger partial charge on any atom is 0.248 e. The third kappa shape index (κ3) is 12.0. The molecule has 374 valence electrons. The molecule has 0 spiro atoms. The van der Waals surface area contributed by atoms with Gasteiger partial charge in [-0.05, 0) is 86.8 Å². The van der Waals surface area contributed by atoms with Gasteiger partial charge < -0.3 is 20.2 Å². The number of carbonyl (C=O) groups is 1. The average molecular weight is 1000 g/mol. The Hall–Kier alpha value is -3.36. The highest BCUT2D eigenvalue weighted by molar-refractivity contribution is 7.89. The van der Waals surface area contributed by atoms with E-state index in [1.165, 1.54) is 8.61 Å². The fourth-order valence-corrected chi connectivity index (χ4v) is 12.9. The molecule has 2 atom stereocenters. The van der Waals surface area contributed by atoms with E-state index in [1.807, 2.05) is 20.8 Å². The summed E-state index contributed by atoms with van der Waals surface area (Å²) in [5.41, 5.74) is 8.22. The zero-order valence-electron chi connectivity index (χ0n) is 39.8. The van der Waals surface area contributed by atoms with Crippen molar-refractivity contribution >= 4 is 60.4 Å². The van der Waals surface area contributed by atoms with Crippen LogP contribution in [-0.4, -0.2) is 101 Å². The van der Waals surface area contributed by atoms with E-state index in [4.69, 9.17) is 15.7 Å². The van der Waals surface area contributed by atoms with Crippen LogP contribution in [0.25, 0.3) is 22.1 Å². The van der Waals surface area contributed by atoms with Crippen LogP contribution in [-0.2, 0) is 48.8 Å². The second-order valence-corrected chi connectivity index (χ2v) is 25.0. The predicted octanol–water partition coefficient (Wildman–Crippen LogP) is 8.75. The minimum Gasteiger partial charge on any atom is -0.352 e.